The molecule has 2 heterocycles. The van der Waals surface area contributed by atoms with Crippen LogP contribution in [0.25, 0.3) is 11.3 Å². The summed E-state index contributed by atoms with van der Waals surface area (Å²) in [4.78, 5) is 9.36. The van der Waals surface area contributed by atoms with Gasteiger partial charge in [0.1, 0.15) is 5.01 Å². The normalized spacial score (nSPS) is 19.8. The van der Waals surface area contributed by atoms with Crippen molar-refractivity contribution in [1.29, 1.82) is 0 Å². The number of thiazole rings is 1. The lowest BCUT2D eigenvalue weighted by molar-refractivity contribution is 0.0243. The maximum Gasteiger partial charge on any atom is 0.191 e. The predicted molar refractivity (Wildman–Crippen MR) is 119 cm³/mol. The Bertz CT molecular complexity index is 699. The van der Waals surface area contributed by atoms with Crippen LogP contribution in [0.3, 0.4) is 0 Å². The van der Waals surface area contributed by atoms with Crippen LogP contribution < -0.4 is 10.6 Å². The SMILES string of the molecule is CCNC(=NCc1nc(-c2ccccc2)cs1)NCC1(C)CCCO1.I. The summed E-state index contributed by atoms with van der Waals surface area (Å²) in [6.45, 7) is 7.26. The van der Waals surface area contributed by atoms with E-state index in [1.54, 1.807) is 11.3 Å². The number of rotatable bonds is 6. The van der Waals surface area contributed by atoms with Gasteiger partial charge in [0.25, 0.3) is 0 Å². The van der Waals surface area contributed by atoms with Crippen molar-refractivity contribution in [2.24, 2.45) is 4.99 Å². The van der Waals surface area contributed by atoms with Crippen molar-refractivity contribution in [1.82, 2.24) is 15.6 Å². The Morgan fingerprint density at radius 1 is 1.31 bits per heavy atom. The first-order chi connectivity index (χ1) is 12.2. The topological polar surface area (TPSA) is 58.5 Å². The third-order valence-electron chi connectivity index (χ3n) is 4.27. The lowest BCUT2D eigenvalue weighted by Crippen LogP contribution is -2.45. The molecular formula is C19H27IN4OS. The van der Waals surface area contributed by atoms with Gasteiger partial charge in [-0.25, -0.2) is 9.98 Å². The van der Waals surface area contributed by atoms with Crippen LogP contribution in [0.4, 0.5) is 0 Å². The molecule has 3 rings (SSSR count). The predicted octanol–water partition coefficient (Wildman–Crippen LogP) is 4.05. The molecule has 0 aliphatic carbocycles. The van der Waals surface area contributed by atoms with Gasteiger partial charge in [0.05, 0.1) is 17.8 Å². The van der Waals surface area contributed by atoms with Crippen LogP contribution in [0.15, 0.2) is 40.7 Å². The number of aromatic nitrogens is 1. The minimum Gasteiger partial charge on any atom is -0.373 e. The summed E-state index contributed by atoms with van der Waals surface area (Å²) in [6, 6.07) is 10.2. The number of nitrogens with one attached hydrogen (secondary N) is 2. The van der Waals surface area contributed by atoms with Crippen molar-refractivity contribution in [3.63, 3.8) is 0 Å². The third-order valence-corrected chi connectivity index (χ3v) is 5.10. The van der Waals surface area contributed by atoms with Crippen molar-refractivity contribution in [2.45, 2.75) is 38.8 Å². The average Bonchev–Trinajstić information content (AvgIpc) is 3.28. The lowest BCUT2D eigenvalue weighted by atomic mass is 10.0. The Morgan fingerprint density at radius 2 is 2.12 bits per heavy atom. The van der Waals surface area contributed by atoms with E-state index in [-0.39, 0.29) is 29.6 Å². The molecule has 0 saturated carbocycles. The molecule has 7 heteroatoms. The second-order valence-electron chi connectivity index (χ2n) is 6.44. The molecule has 1 aliphatic rings. The summed E-state index contributed by atoms with van der Waals surface area (Å²) >= 11 is 1.65. The minimum absolute atomic E-state index is 0. The molecule has 1 unspecified atom stereocenters. The molecule has 0 amide bonds. The maximum absolute atomic E-state index is 5.83. The first kappa shape index (κ1) is 21.1. The highest BCUT2D eigenvalue weighted by atomic mass is 127. The van der Waals surface area contributed by atoms with Crippen molar-refractivity contribution >= 4 is 41.3 Å². The number of benzene rings is 1. The first-order valence-corrected chi connectivity index (χ1v) is 9.72. The molecular weight excluding hydrogens is 459 g/mol. The van der Waals surface area contributed by atoms with E-state index >= 15 is 0 Å². The molecule has 1 fully saturated rings. The molecule has 1 atom stereocenters. The number of guanidine groups is 1. The van der Waals surface area contributed by atoms with Gasteiger partial charge in [-0.3, -0.25) is 0 Å². The smallest absolute Gasteiger partial charge is 0.191 e. The van der Waals surface area contributed by atoms with E-state index in [2.05, 4.69) is 47.0 Å². The molecule has 2 aromatic rings. The molecule has 142 valence electrons. The monoisotopic (exact) mass is 486 g/mol. The van der Waals surface area contributed by atoms with Gasteiger partial charge >= 0.3 is 0 Å². The van der Waals surface area contributed by atoms with Crippen LogP contribution in [-0.4, -0.2) is 36.2 Å². The van der Waals surface area contributed by atoms with E-state index in [9.17, 15) is 0 Å². The van der Waals surface area contributed by atoms with Crippen molar-refractivity contribution < 1.29 is 4.74 Å². The zero-order valence-electron chi connectivity index (χ0n) is 15.3. The van der Waals surface area contributed by atoms with Gasteiger partial charge in [-0.1, -0.05) is 30.3 Å². The zero-order valence-corrected chi connectivity index (χ0v) is 18.5. The Balaban J connectivity index is 0.00000243. The average molecular weight is 486 g/mol. The van der Waals surface area contributed by atoms with Gasteiger partial charge in [0.15, 0.2) is 5.96 Å². The highest BCUT2D eigenvalue weighted by Crippen LogP contribution is 2.24. The zero-order chi connectivity index (χ0) is 17.5. The second-order valence-corrected chi connectivity index (χ2v) is 7.39. The molecule has 5 nitrogen and oxygen atoms in total. The number of hydrogen-bond donors (Lipinski definition) is 2. The number of nitrogens with zero attached hydrogens (tertiary/aromatic N) is 2. The standard InChI is InChI=1S/C19H26N4OS.HI/c1-3-20-18(22-14-19(2)10-7-11-24-19)21-12-17-23-16(13-25-17)15-8-5-4-6-9-15;/h4-6,8-9,13H,3,7,10-12,14H2,1-2H3,(H2,20,21,22);1H. The number of aliphatic imine (C=N–C) groups is 1. The van der Waals surface area contributed by atoms with E-state index < -0.39 is 0 Å². The lowest BCUT2D eigenvalue weighted by Gasteiger charge is -2.24. The summed E-state index contributed by atoms with van der Waals surface area (Å²) in [5.74, 6) is 0.815. The van der Waals surface area contributed by atoms with Gasteiger partial charge in [-0.2, -0.15) is 0 Å². The van der Waals surface area contributed by atoms with Crippen LogP contribution in [-0.2, 0) is 11.3 Å². The molecule has 1 aromatic carbocycles. The number of halogens is 1. The van der Waals surface area contributed by atoms with Crippen molar-refractivity contribution in [3.8, 4) is 11.3 Å². The van der Waals surface area contributed by atoms with Crippen molar-refractivity contribution in [3.05, 3.63) is 40.7 Å². The van der Waals surface area contributed by atoms with Gasteiger partial charge < -0.3 is 15.4 Å². The van der Waals surface area contributed by atoms with Gasteiger partial charge in [0.2, 0.25) is 0 Å². The van der Waals surface area contributed by atoms with Crippen LogP contribution in [0.2, 0.25) is 0 Å². The second kappa shape index (κ2) is 10.2. The van der Waals surface area contributed by atoms with Crippen LogP contribution in [0, 0.1) is 0 Å². The summed E-state index contributed by atoms with van der Waals surface area (Å²) in [5.41, 5.74) is 2.07. The minimum atomic E-state index is -0.0855. The van der Waals surface area contributed by atoms with Gasteiger partial charge in [-0.05, 0) is 26.7 Å². The fraction of sp³-hybridized carbons (Fsp3) is 0.474. The Hall–Kier alpha value is -1.19. The van der Waals surface area contributed by atoms with Crippen LogP contribution in [0.1, 0.15) is 31.7 Å². The summed E-state index contributed by atoms with van der Waals surface area (Å²) in [6.07, 6.45) is 2.22. The van der Waals surface area contributed by atoms with Crippen LogP contribution >= 0.6 is 35.3 Å². The molecule has 0 radical (unpaired) electrons. The van der Waals surface area contributed by atoms with E-state index in [0.29, 0.717) is 6.54 Å². The molecule has 0 bridgehead atoms. The quantitative estimate of drug-likeness (QED) is 0.368. The fourth-order valence-corrected chi connectivity index (χ4v) is 3.59. The highest BCUT2D eigenvalue weighted by Gasteiger charge is 2.29. The highest BCUT2D eigenvalue weighted by molar-refractivity contribution is 14.0. The molecule has 0 spiro atoms. The molecule has 1 aliphatic heterocycles. The largest absolute Gasteiger partial charge is 0.373 e. The van der Waals surface area contributed by atoms with Gasteiger partial charge in [-0.15, -0.1) is 35.3 Å². The summed E-state index contributed by atoms with van der Waals surface area (Å²) in [7, 11) is 0. The Labute approximate surface area is 176 Å². The first-order valence-electron chi connectivity index (χ1n) is 8.84. The summed E-state index contributed by atoms with van der Waals surface area (Å²) in [5, 5.41) is 9.80. The Morgan fingerprint density at radius 3 is 2.81 bits per heavy atom. The number of hydrogen-bond acceptors (Lipinski definition) is 4. The molecule has 26 heavy (non-hydrogen) atoms. The molecule has 1 aromatic heterocycles. The Kier molecular flexibility index (Phi) is 8.30. The van der Waals surface area contributed by atoms with E-state index in [0.717, 1.165) is 54.8 Å². The van der Waals surface area contributed by atoms with Crippen LogP contribution in [0.5, 0.6) is 0 Å². The maximum atomic E-state index is 5.83. The third kappa shape index (κ3) is 5.92. The van der Waals surface area contributed by atoms with Gasteiger partial charge in [0, 0.05) is 30.6 Å². The molecule has 2 N–H and O–H groups in total. The van der Waals surface area contributed by atoms with E-state index in [1.807, 2.05) is 18.2 Å². The molecule has 1 saturated heterocycles. The number of ether oxygens (including phenoxy) is 1. The summed E-state index contributed by atoms with van der Waals surface area (Å²) < 4.78 is 5.83. The fourth-order valence-electron chi connectivity index (χ4n) is 2.86. The van der Waals surface area contributed by atoms with Crippen molar-refractivity contribution in [2.75, 3.05) is 19.7 Å². The van der Waals surface area contributed by atoms with E-state index in [1.165, 1.54) is 0 Å². The van der Waals surface area contributed by atoms with E-state index in [4.69, 9.17) is 9.72 Å².